The molecular formula is C18H32N2. The molecule has 0 radical (unpaired) electrons. The summed E-state index contributed by atoms with van der Waals surface area (Å²) in [4.78, 5) is 2.55. The van der Waals surface area contributed by atoms with Crippen LogP contribution >= 0.6 is 0 Å². The molecule has 0 aliphatic rings. The van der Waals surface area contributed by atoms with Gasteiger partial charge in [0.25, 0.3) is 0 Å². The van der Waals surface area contributed by atoms with Crippen molar-refractivity contribution in [1.82, 2.24) is 5.32 Å². The Morgan fingerprint density at radius 2 is 1.50 bits per heavy atom. The SMILES string of the molecule is CCNC(C)c1ccccc1N(CC(C)C)CC(C)C. The average Bonchev–Trinajstić information content (AvgIpc) is 2.37. The summed E-state index contributed by atoms with van der Waals surface area (Å²) in [5.74, 6) is 1.35. The van der Waals surface area contributed by atoms with Gasteiger partial charge in [-0.2, -0.15) is 0 Å². The molecule has 1 aromatic carbocycles. The largest absolute Gasteiger partial charge is 0.371 e. The maximum atomic E-state index is 3.54. The third-order valence-corrected chi connectivity index (χ3v) is 3.43. The van der Waals surface area contributed by atoms with Gasteiger partial charge < -0.3 is 10.2 Å². The van der Waals surface area contributed by atoms with E-state index in [0.29, 0.717) is 17.9 Å². The Morgan fingerprint density at radius 1 is 0.950 bits per heavy atom. The number of anilines is 1. The van der Waals surface area contributed by atoms with Crippen molar-refractivity contribution in [2.24, 2.45) is 11.8 Å². The molecule has 1 unspecified atom stereocenters. The van der Waals surface area contributed by atoms with Gasteiger partial charge in [-0.25, -0.2) is 0 Å². The van der Waals surface area contributed by atoms with Crippen LogP contribution in [-0.2, 0) is 0 Å². The van der Waals surface area contributed by atoms with E-state index in [1.807, 2.05) is 0 Å². The highest BCUT2D eigenvalue weighted by Gasteiger charge is 2.16. The molecule has 1 rings (SSSR count). The lowest BCUT2D eigenvalue weighted by atomic mass is 10.0. The number of hydrogen-bond acceptors (Lipinski definition) is 2. The smallest absolute Gasteiger partial charge is 0.0414 e. The Labute approximate surface area is 125 Å². The summed E-state index contributed by atoms with van der Waals surface area (Å²) in [5.41, 5.74) is 2.80. The van der Waals surface area contributed by atoms with Gasteiger partial charge in [-0.15, -0.1) is 0 Å². The van der Waals surface area contributed by atoms with Crippen molar-refractivity contribution in [1.29, 1.82) is 0 Å². The minimum Gasteiger partial charge on any atom is -0.371 e. The molecule has 0 heterocycles. The molecule has 0 bridgehead atoms. The van der Waals surface area contributed by atoms with Crippen LogP contribution in [0.3, 0.4) is 0 Å². The van der Waals surface area contributed by atoms with Gasteiger partial charge in [0.1, 0.15) is 0 Å². The third-order valence-electron chi connectivity index (χ3n) is 3.43. The normalized spacial score (nSPS) is 13.0. The van der Waals surface area contributed by atoms with Gasteiger partial charge in [0.2, 0.25) is 0 Å². The number of benzene rings is 1. The molecule has 0 aliphatic heterocycles. The fourth-order valence-corrected chi connectivity index (χ4v) is 2.71. The molecule has 0 fully saturated rings. The summed E-state index contributed by atoms with van der Waals surface area (Å²) in [5, 5.41) is 3.54. The molecule has 20 heavy (non-hydrogen) atoms. The first kappa shape index (κ1) is 17.0. The number of nitrogens with zero attached hydrogens (tertiary/aromatic N) is 1. The molecule has 1 N–H and O–H groups in total. The van der Waals surface area contributed by atoms with E-state index in [1.165, 1.54) is 11.3 Å². The molecule has 0 spiro atoms. The highest BCUT2D eigenvalue weighted by molar-refractivity contribution is 5.55. The van der Waals surface area contributed by atoms with Gasteiger partial charge in [-0.05, 0) is 36.9 Å². The molecule has 114 valence electrons. The molecule has 1 atom stereocenters. The Morgan fingerprint density at radius 3 is 2.00 bits per heavy atom. The van der Waals surface area contributed by atoms with Crippen molar-refractivity contribution in [3.63, 3.8) is 0 Å². The summed E-state index contributed by atoms with van der Waals surface area (Å²) >= 11 is 0. The maximum absolute atomic E-state index is 3.54. The standard InChI is InChI=1S/C18H32N2/c1-7-19-16(6)17-10-8-9-11-18(17)20(12-14(2)3)13-15(4)5/h8-11,14-16,19H,7,12-13H2,1-6H3. The second-order valence-corrected chi connectivity index (χ2v) is 6.53. The van der Waals surface area contributed by atoms with E-state index in [2.05, 4.69) is 76.0 Å². The molecule has 0 aromatic heterocycles. The Hall–Kier alpha value is -1.02. The molecule has 2 heteroatoms. The van der Waals surface area contributed by atoms with Crippen molar-refractivity contribution in [2.45, 2.75) is 47.6 Å². The van der Waals surface area contributed by atoms with Crippen molar-refractivity contribution >= 4 is 5.69 Å². The molecule has 0 amide bonds. The monoisotopic (exact) mass is 276 g/mol. The zero-order chi connectivity index (χ0) is 15.1. The molecular weight excluding hydrogens is 244 g/mol. The Kier molecular flexibility index (Phi) is 7.08. The lowest BCUT2D eigenvalue weighted by Crippen LogP contribution is -2.33. The van der Waals surface area contributed by atoms with Crippen molar-refractivity contribution in [2.75, 3.05) is 24.5 Å². The van der Waals surface area contributed by atoms with Crippen LogP contribution in [-0.4, -0.2) is 19.6 Å². The lowest BCUT2D eigenvalue weighted by Gasteiger charge is -2.32. The number of para-hydroxylation sites is 1. The van der Waals surface area contributed by atoms with Gasteiger partial charge in [-0.1, -0.05) is 52.8 Å². The van der Waals surface area contributed by atoms with Gasteiger partial charge in [0, 0.05) is 24.8 Å². The maximum Gasteiger partial charge on any atom is 0.0414 e. The minimum absolute atomic E-state index is 0.401. The third kappa shape index (κ3) is 5.16. The number of nitrogens with one attached hydrogen (secondary N) is 1. The van der Waals surface area contributed by atoms with Crippen LogP contribution in [0.15, 0.2) is 24.3 Å². The van der Waals surface area contributed by atoms with E-state index >= 15 is 0 Å². The predicted octanol–water partition coefficient (Wildman–Crippen LogP) is 4.48. The van der Waals surface area contributed by atoms with Crippen LogP contribution in [0.2, 0.25) is 0 Å². The highest BCUT2D eigenvalue weighted by Crippen LogP contribution is 2.27. The average molecular weight is 276 g/mol. The number of rotatable bonds is 8. The molecule has 0 saturated heterocycles. The quantitative estimate of drug-likeness (QED) is 0.753. The van der Waals surface area contributed by atoms with Crippen molar-refractivity contribution in [3.05, 3.63) is 29.8 Å². The van der Waals surface area contributed by atoms with Crippen molar-refractivity contribution in [3.8, 4) is 0 Å². The van der Waals surface area contributed by atoms with E-state index < -0.39 is 0 Å². The van der Waals surface area contributed by atoms with Crippen LogP contribution < -0.4 is 10.2 Å². The van der Waals surface area contributed by atoms with Crippen molar-refractivity contribution < 1.29 is 0 Å². The van der Waals surface area contributed by atoms with Gasteiger partial charge >= 0.3 is 0 Å². The van der Waals surface area contributed by atoms with E-state index in [9.17, 15) is 0 Å². The zero-order valence-corrected chi connectivity index (χ0v) is 14.1. The molecule has 0 aliphatic carbocycles. The highest BCUT2D eigenvalue weighted by atomic mass is 15.1. The fraction of sp³-hybridized carbons (Fsp3) is 0.667. The van der Waals surface area contributed by atoms with E-state index in [4.69, 9.17) is 0 Å². The summed E-state index contributed by atoms with van der Waals surface area (Å²) in [6.07, 6.45) is 0. The summed E-state index contributed by atoms with van der Waals surface area (Å²) in [6.45, 7) is 16.8. The lowest BCUT2D eigenvalue weighted by molar-refractivity contribution is 0.544. The van der Waals surface area contributed by atoms with Gasteiger partial charge in [0.15, 0.2) is 0 Å². The van der Waals surface area contributed by atoms with E-state index in [-0.39, 0.29) is 0 Å². The van der Waals surface area contributed by atoms with Crippen LogP contribution in [0.4, 0.5) is 5.69 Å². The summed E-state index contributed by atoms with van der Waals surface area (Å²) < 4.78 is 0. The first-order valence-electron chi connectivity index (χ1n) is 8.02. The predicted molar refractivity (Wildman–Crippen MR) is 90.4 cm³/mol. The fourth-order valence-electron chi connectivity index (χ4n) is 2.71. The summed E-state index contributed by atoms with van der Waals surface area (Å²) in [6, 6.07) is 9.24. The number of hydrogen-bond donors (Lipinski definition) is 1. The topological polar surface area (TPSA) is 15.3 Å². The summed E-state index contributed by atoms with van der Waals surface area (Å²) in [7, 11) is 0. The zero-order valence-electron chi connectivity index (χ0n) is 14.1. The molecule has 1 aromatic rings. The minimum atomic E-state index is 0.401. The molecule has 2 nitrogen and oxygen atoms in total. The van der Waals surface area contributed by atoms with Crippen LogP contribution in [0.25, 0.3) is 0 Å². The van der Waals surface area contributed by atoms with E-state index in [1.54, 1.807) is 0 Å². The Balaban J connectivity index is 3.05. The van der Waals surface area contributed by atoms with Gasteiger partial charge in [0.05, 0.1) is 0 Å². The first-order valence-corrected chi connectivity index (χ1v) is 8.02. The van der Waals surface area contributed by atoms with E-state index in [0.717, 1.165) is 19.6 Å². The molecule has 0 saturated carbocycles. The Bertz CT molecular complexity index is 375. The van der Waals surface area contributed by atoms with Gasteiger partial charge in [-0.3, -0.25) is 0 Å². The first-order chi connectivity index (χ1) is 9.45. The van der Waals surface area contributed by atoms with Crippen LogP contribution in [0, 0.1) is 11.8 Å². The van der Waals surface area contributed by atoms with Crippen LogP contribution in [0.1, 0.15) is 53.1 Å². The second-order valence-electron chi connectivity index (χ2n) is 6.53. The second kappa shape index (κ2) is 8.31. The van der Waals surface area contributed by atoms with Crippen LogP contribution in [0.5, 0.6) is 0 Å².